The highest BCUT2D eigenvalue weighted by Gasteiger charge is 2.43. The van der Waals surface area contributed by atoms with Crippen LogP contribution in [-0.4, -0.2) is 52.5 Å². The van der Waals surface area contributed by atoms with E-state index in [9.17, 15) is 19.5 Å². The van der Waals surface area contributed by atoms with Gasteiger partial charge in [-0.3, -0.25) is 14.4 Å². The summed E-state index contributed by atoms with van der Waals surface area (Å²) in [5, 5.41) is 16.3. The zero-order valence-electron chi connectivity index (χ0n) is 15.9. The fourth-order valence-electron chi connectivity index (χ4n) is 4.74. The summed E-state index contributed by atoms with van der Waals surface area (Å²) in [7, 11) is 0. The van der Waals surface area contributed by atoms with Crippen LogP contribution in [0, 0.1) is 5.92 Å². The summed E-state index contributed by atoms with van der Waals surface area (Å²) in [4.78, 5) is 39.4. The zero-order chi connectivity index (χ0) is 19.7. The Bertz CT molecular complexity index is 796. The molecule has 1 aromatic carbocycles. The molecule has 2 fully saturated rings. The van der Waals surface area contributed by atoms with Gasteiger partial charge < -0.3 is 20.6 Å². The van der Waals surface area contributed by atoms with Crippen molar-refractivity contribution in [3.8, 4) is 0 Å². The minimum Gasteiger partial charge on any atom is -0.389 e. The first-order valence-electron chi connectivity index (χ1n) is 10.2. The Kier molecular flexibility index (Phi) is 5.10. The fourth-order valence-corrected chi connectivity index (χ4v) is 4.74. The summed E-state index contributed by atoms with van der Waals surface area (Å²) in [6.07, 6.45) is 5.02. The van der Waals surface area contributed by atoms with Gasteiger partial charge in [0.1, 0.15) is 6.04 Å². The number of carbonyl (C=O) groups is 3. The van der Waals surface area contributed by atoms with Gasteiger partial charge in [0, 0.05) is 25.4 Å². The van der Waals surface area contributed by atoms with Gasteiger partial charge in [-0.1, -0.05) is 25.0 Å². The normalized spacial score (nSPS) is 29.8. The number of amides is 3. The molecule has 7 heteroatoms. The summed E-state index contributed by atoms with van der Waals surface area (Å²) >= 11 is 0. The maximum atomic E-state index is 12.7. The Morgan fingerprint density at radius 3 is 2.89 bits per heavy atom. The van der Waals surface area contributed by atoms with Crippen LogP contribution in [0.15, 0.2) is 24.3 Å². The van der Waals surface area contributed by atoms with Crippen LogP contribution in [0.2, 0.25) is 0 Å². The lowest BCUT2D eigenvalue weighted by molar-refractivity contribution is -0.143. The molecule has 0 radical (unpaired) electrons. The molecule has 3 N–H and O–H groups in total. The number of piperidine rings is 1. The number of fused-ring (bicyclic) bond motifs is 2. The SMILES string of the molecule is O=C1N[C@H](CCC(=O)N2CC[C@]3(O)CCCC[C@@H]3C2)C(=O)Nc2ccccc21. The molecule has 3 amide bonds. The molecule has 150 valence electrons. The van der Waals surface area contributed by atoms with Gasteiger partial charge in [0.15, 0.2) is 0 Å². The Hall–Kier alpha value is -2.41. The van der Waals surface area contributed by atoms with Crippen LogP contribution in [-0.2, 0) is 9.59 Å². The molecule has 1 saturated heterocycles. The van der Waals surface area contributed by atoms with Crippen molar-refractivity contribution in [3.63, 3.8) is 0 Å². The van der Waals surface area contributed by atoms with Crippen LogP contribution in [0.4, 0.5) is 5.69 Å². The average Bonchev–Trinajstić information content (AvgIpc) is 2.81. The second-order valence-electron chi connectivity index (χ2n) is 8.24. The van der Waals surface area contributed by atoms with Gasteiger partial charge in [-0.2, -0.15) is 0 Å². The van der Waals surface area contributed by atoms with Crippen molar-refractivity contribution in [2.75, 3.05) is 18.4 Å². The van der Waals surface area contributed by atoms with Crippen LogP contribution in [0.1, 0.15) is 55.3 Å². The van der Waals surface area contributed by atoms with Gasteiger partial charge >= 0.3 is 0 Å². The van der Waals surface area contributed by atoms with E-state index in [2.05, 4.69) is 10.6 Å². The highest BCUT2D eigenvalue weighted by Crippen LogP contribution is 2.39. The van der Waals surface area contributed by atoms with Crippen molar-refractivity contribution in [1.82, 2.24) is 10.2 Å². The van der Waals surface area contributed by atoms with E-state index in [4.69, 9.17) is 0 Å². The summed E-state index contributed by atoms with van der Waals surface area (Å²) < 4.78 is 0. The van der Waals surface area contributed by atoms with Crippen LogP contribution in [0.25, 0.3) is 0 Å². The molecule has 2 aliphatic heterocycles. The number of benzene rings is 1. The number of carbonyl (C=O) groups excluding carboxylic acids is 3. The Labute approximate surface area is 164 Å². The predicted molar refractivity (Wildman–Crippen MR) is 104 cm³/mol. The van der Waals surface area contributed by atoms with E-state index < -0.39 is 11.6 Å². The van der Waals surface area contributed by atoms with Crippen molar-refractivity contribution in [2.45, 2.75) is 56.6 Å². The van der Waals surface area contributed by atoms with E-state index in [0.717, 1.165) is 25.7 Å². The van der Waals surface area contributed by atoms with Crippen LogP contribution >= 0.6 is 0 Å². The van der Waals surface area contributed by atoms with Crippen molar-refractivity contribution < 1.29 is 19.5 Å². The fraction of sp³-hybridized carbons (Fsp3) is 0.571. The first-order valence-corrected chi connectivity index (χ1v) is 10.2. The molecular weight excluding hydrogens is 358 g/mol. The molecule has 28 heavy (non-hydrogen) atoms. The number of anilines is 1. The number of nitrogens with one attached hydrogen (secondary N) is 2. The van der Waals surface area contributed by atoms with Crippen molar-refractivity contribution >= 4 is 23.4 Å². The number of hydrogen-bond acceptors (Lipinski definition) is 4. The van der Waals surface area contributed by atoms with Crippen molar-refractivity contribution in [1.29, 1.82) is 0 Å². The smallest absolute Gasteiger partial charge is 0.254 e. The van der Waals surface area contributed by atoms with Gasteiger partial charge in [-0.25, -0.2) is 0 Å². The molecule has 2 heterocycles. The first-order chi connectivity index (χ1) is 13.5. The maximum absolute atomic E-state index is 12.7. The summed E-state index contributed by atoms with van der Waals surface area (Å²) in [5.74, 6) is -0.478. The van der Waals surface area contributed by atoms with E-state index in [1.54, 1.807) is 24.3 Å². The molecule has 1 saturated carbocycles. The average molecular weight is 385 g/mol. The summed E-state index contributed by atoms with van der Waals surface area (Å²) in [5.41, 5.74) is 0.305. The summed E-state index contributed by atoms with van der Waals surface area (Å²) in [6, 6.07) is 6.13. The molecule has 3 aliphatic rings. The summed E-state index contributed by atoms with van der Waals surface area (Å²) in [6.45, 7) is 1.14. The number of nitrogens with zero attached hydrogens (tertiary/aromatic N) is 1. The molecule has 7 nitrogen and oxygen atoms in total. The topological polar surface area (TPSA) is 98.7 Å². The lowest BCUT2D eigenvalue weighted by atomic mass is 9.71. The van der Waals surface area contributed by atoms with Gasteiger partial charge in [-0.05, 0) is 37.8 Å². The largest absolute Gasteiger partial charge is 0.389 e. The zero-order valence-corrected chi connectivity index (χ0v) is 15.9. The Morgan fingerprint density at radius 2 is 2.04 bits per heavy atom. The third-order valence-corrected chi connectivity index (χ3v) is 6.48. The van der Waals surface area contributed by atoms with E-state index in [1.165, 1.54) is 0 Å². The monoisotopic (exact) mass is 385 g/mol. The van der Waals surface area contributed by atoms with E-state index in [0.29, 0.717) is 30.8 Å². The molecule has 0 spiro atoms. The van der Waals surface area contributed by atoms with Crippen LogP contribution in [0.3, 0.4) is 0 Å². The molecule has 0 bridgehead atoms. The van der Waals surface area contributed by atoms with E-state index in [-0.39, 0.29) is 36.5 Å². The third-order valence-electron chi connectivity index (χ3n) is 6.48. The van der Waals surface area contributed by atoms with Gasteiger partial charge in [0.05, 0.1) is 16.9 Å². The molecule has 1 aliphatic carbocycles. The molecule has 0 aromatic heterocycles. The lowest BCUT2D eigenvalue weighted by Gasteiger charge is -2.47. The Morgan fingerprint density at radius 1 is 1.21 bits per heavy atom. The van der Waals surface area contributed by atoms with Crippen molar-refractivity contribution in [3.05, 3.63) is 29.8 Å². The highest BCUT2D eigenvalue weighted by atomic mass is 16.3. The van der Waals surface area contributed by atoms with Crippen LogP contribution in [0.5, 0.6) is 0 Å². The number of likely N-dealkylation sites (tertiary alicyclic amines) is 1. The number of para-hydroxylation sites is 1. The minimum atomic E-state index is -0.736. The second kappa shape index (κ2) is 7.54. The standard InChI is InChI=1S/C21H27N3O4/c25-18(24-12-11-21(28)10-4-3-5-14(21)13-24)9-8-17-20(27)22-16-7-2-1-6-15(16)19(26)23-17/h1-2,6-7,14,17,28H,3-5,8-13H2,(H,22,27)(H,23,26)/t14-,17-,21-/m1/s1. The third kappa shape index (κ3) is 3.63. The molecule has 4 rings (SSSR count). The lowest BCUT2D eigenvalue weighted by Crippen LogP contribution is -2.54. The number of hydrogen-bond donors (Lipinski definition) is 3. The van der Waals surface area contributed by atoms with Crippen molar-refractivity contribution in [2.24, 2.45) is 5.92 Å². The van der Waals surface area contributed by atoms with E-state index in [1.807, 2.05) is 4.90 Å². The van der Waals surface area contributed by atoms with E-state index >= 15 is 0 Å². The maximum Gasteiger partial charge on any atom is 0.254 e. The van der Waals surface area contributed by atoms with Gasteiger partial charge in [0.2, 0.25) is 11.8 Å². The predicted octanol–water partition coefficient (Wildman–Crippen LogP) is 1.67. The quantitative estimate of drug-likeness (QED) is 0.737. The minimum absolute atomic E-state index is 0.0172. The van der Waals surface area contributed by atoms with Crippen LogP contribution < -0.4 is 10.6 Å². The molecule has 3 atom stereocenters. The molecule has 0 unspecified atom stereocenters. The molecule has 1 aromatic rings. The Balaban J connectivity index is 1.35. The second-order valence-corrected chi connectivity index (χ2v) is 8.24. The number of aliphatic hydroxyl groups is 1. The van der Waals surface area contributed by atoms with Gasteiger partial charge in [-0.15, -0.1) is 0 Å². The molecular formula is C21H27N3O4. The number of rotatable bonds is 3. The van der Waals surface area contributed by atoms with Gasteiger partial charge in [0.25, 0.3) is 5.91 Å². The highest BCUT2D eigenvalue weighted by molar-refractivity contribution is 6.09. The first kappa shape index (κ1) is 18.9.